The summed E-state index contributed by atoms with van der Waals surface area (Å²) in [6.07, 6.45) is 2.62. The Labute approximate surface area is 157 Å². The van der Waals surface area contributed by atoms with Crippen LogP contribution in [-0.2, 0) is 6.42 Å². The molecule has 1 N–H and O–H groups in total. The minimum absolute atomic E-state index is 0.0239. The molecule has 0 aliphatic carbocycles. The third-order valence-corrected chi connectivity index (χ3v) is 5.27. The second-order valence-electron chi connectivity index (χ2n) is 6.37. The number of rotatable bonds is 6. The lowest BCUT2D eigenvalue weighted by molar-refractivity contribution is 0.0738. The summed E-state index contributed by atoms with van der Waals surface area (Å²) in [7, 11) is 3.49. The number of thiazole rings is 1. The Bertz CT molecular complexity index is 883. The molecule has 0 aliphatic heterocycles. The van der Waals surface area contributed by atoms with Gasteiger partial charge < -0.3 is 14.6 Å². The van der Waals surface area contributed by atoms with Gasteiger partial charge in [0, 0.05) is 30.2 Å². The standard InChI is InChI=1S/C20H23N3O2S/c1-13(9-15-5-7-17(25-4)8-6-15)23(3)20(24)18-10-16(11-21-18)19-12-26-14(2)22-19/h5-8,10-13,21H,9H2,1-4H3/t13-/m1/s1. The molecule has 136 valence electrons. The highest BCUT2D eigenvalue weighted by atomic mass is 32.1. The second kappa shape index (κ2) is 7.74. The molecule has 1 amide bonds. The number of likely N-dealkylation sites (N-methyl/N-ethyl adjacent to an activating group) is 1. The van der Waals surface area contributed by atoms with Crippen LogP contribution in [0.15, 0.2) is 41.9 Å². The molecule has 0 unspecified atom stereocenters. The molecule has 3 rings (SSSR count). The van der Waals surface area contributed by atoms with Gasteiger partial charge in [0.2, 0.25) is 0 Å². The van der Waals surface area contributed by atoms with Gasteiger partial charge in [-0.3, -0.25) is 4.79 Å². The number of aromatic nitrogens is 2. The summed E-state index contributed by atoms with van der Waals surface area (Å²) in [5.74, 6) is 0.811. The van der Waals surface area contributed by atoms with E-state index in [-0.39, 0.29) is 11.9 Å². The summed E-state index contributed by atoms with van der Waals surface area (Å²) in [5, 5.41) is 3.02. The van der Waals surface area contributed by atoms with Crippen molar-refractivity contribution >= 4 is 17.2 Å². The molecular formula is C20H23N3O2S. The van der Waals surface area contributed by atoms with Crippen LogP contribution in [0.3, 0.4) is 0 Å². The van der Waals surface area contributed by atoms with E-state index in [1.165, 1.54) is 5.56 Å². The van der Waals surface area contributed by atoms with Crippen molar-refractivity contribution in [3.8, 4) is 17.0 Å². The number of aryl methyl sites for hydroxylation is 1. The zero-order valence-electron chi connectivity index (χ0n) is 15.4. The molecule has 5 nitrogen and oxygen atoms in total. The third-order valence-electron chi connectivity index (χ3n) is 4.50. The fraction of sp³-hybridized carbons (Fsp3) is 0.300. The van der Waals surface area contributed by atoms with Crippen LogP contribution < -0.4 is 4.74 Å². The third kappa shape index (κ3) is 3.96. The summed E-state index contributed by atoms with van der Waals surface area (Å²) in [6.45, 7) is 4.03. The molecule has 0 saturated heterocycles. The van der Waals surface area contributed by atoms with Crippen LogP contribution in [0.25, 0.3) is 11.3 Å². The predicted octanol–water partition coefficient (Wildman–Crippen LogP) is 4.16. The van der Waals surface area contributed by atoms with Crippen molar-refractivity contribution < 1.29 is 9.53 Å². The van der Waals surface area contributed by atoms with Gasteiger partial charge in [0.25, 0.3) is 5.91 Å². The van der Waals surface area contributed by atoms with Gasteiger partial charge in [-0.05, 0) is 44.0 Å². The van der Waals surface area contributed by atoms with Gasteiger partial charge in [-0.1, -0.05) is 12.1 Å². The van der Waals surface area contributed by atoms with E-state index in [0.29, 0.717) is 5.69 Å². The highest BCUT2D eigenvalue weighted by molar-refractivity contribution is 7.09. The Hall–Kier alpha value is -2.60. The highest BCUT2D eigenvalue weighted by Crippen LogP contribution is 2.23. The molecule has 2 aromatic heterocycles. The number of amides is 1. The van der Waals surface area contributed by atoms with E-state index in [4.69, 9.17) is 4.74 Å². The first-order valence-electron chi connectivity index (χ1n) is 8.49. The fourth-order valence-electron chi connectivity index (χ4n) is 2.79. The first kappa shape index (κ1) is 18.2. The van der Waals surface area contributed by atoms with Gasteiger partial charge in [0.15, 0.2) is 0 Å². The molecule has 0 spiro atoms. The smallest absolute Gasteiger partial charge is 0.270 e. The van der Waals surface area contributed by atoms with Crippen molar-refractivity contribution in [3.05, 3.63) is 58.2 Å². The molecule has 2 heterocycles. The number of carbonyl (C=O) groups is 1. The van der Waals surface area contributed by atoms with E-state index in [2.05, 4.69) is 16.9 Å². The molecule has 1 aromatic carbocycles. The van der Waals surface area contributed by atoms with E-state index in [1.807, 2.05) is 55.9 Å². The number of hydrogen-bond donors (Lipinski definition) is 1. The number of aromatic amines is 1. The molecular weight excluding hydrogens is 346 g/mol. The Morgan fingerprint density at radius 1 is 1.35 bits per heavy atom. The Balaban J connectivity index is 1.67. The normalized spacial score (nSPS) is 12.0. The van der Waals surface area contributed by atoms with E-state index in [9.17, 15) is 4.79 Å². The average Bonchev–Trinajstić information content (AvgIpc) is 3.30. The quantitative estimate of drug-likeness (QED) is 0.710. The number of H-pyrrole nitrogens is 1. The number of hydrogen-bond acceptors (Lipinski definition) is 4. The van der Waals surface area contributed by atoms with Crippen LogP contribution in [0.2, 0.25) is 0 Å². The van der Waals surface area contributed by atoms with Crippen molar-refractivity contribution in [2.24, 2.45) is 0 Å². The molecule has 0 fully saturated rings. The summed E-state index contributed by atoms with van der Waals surface area (Å²) < 4.78 is 5.18. The topological polar surface area (TPSA) is 58.2 Å². The largest absolute Gasteiger partial charge is 0.497 e. The first-order valence-corrected chi connectivity index (χ1v) is 9.37. The monoisotopic (exact) mass is 369 g/mol. The second-order valence-corrected chi connectivity index (χ2v) is 7.43. The van der Waals surface area contributed by atoms with E-state index in [0.717, 1.165) is 28.4 Å². The molecule has 0 radical (unpaired) electrons. The van der Waals surface area contributed by atoms with E-state index < -0.39 is 0 Å². The zero-order valence-corrected chi connectivity index (χ0v) is 16.3. The van der Waals surface area contributed by atoms with Crippen molar-refractivity contribution in [1.82, 2.24) is 14.9 Å². The van der Waals surface area contributed by atoms with Crippen molar-refractivity contribution in [2.45, 2.75) is 26.3 Å². The molecule has 1 atom stereocenters. The average molecular weight is 369 g/mol. The van der Waals surface area contributed by atoms with Crippen molar-refractivity contribution in [1.29, 1.82) is 0 Å². The van der Waals surface area contributed by atoms with Crippen LogP contribution in [0.5, 0.6) is 5.75 Å². The summed E-state index contributed by atoms with van der Waals surface area (Å²) in [5.41, 5.74) is 3.59. The maximum atomic E-state index is 12.8. The number of nitrogens with zero attached hydrogens (tertiary/aromatic N) is 2. The number of nitrogens with one attached hydrogen (secondary N) is 1. The zero-order chi connectivity index (χ0) is 18.7. The Morgan fingerprint density at radius 3 is 2.69 bits per heavy atom. The highest BCUT2D eigenvalue weighted by Gasteiger charge is 2.20. The van der Waals surface area contributed by atoms with Crippen molar-refractivity contribution in [3.63, 3.8) is 0 Å². The number of methoxy groups -OCH3 is 1. The van der Waals surface area contributed by atoms with E-state index in [1.54, 1.807) is 23.3 Å². The minimum atomic E-state index is -0.0239. The maximum absolute atomic E-state index is 12.8. The molecule has 6 heteroatoms. The lowest BCUT2D eigenvalue weighted by Crippen LogP contribution is -2.36. The van der Waals surface area contributed by atoms with Gasteiger partial charge in [-0.15, -0.1) is 11.3 Å². The van der Waals surface area contributed by atoms with Gasteiger partial charge in [-0.2, -0.15) is 0 Å². The van der Waals surface area contributed by atoms with Gasteiger partial charge in [0.1, 0.15) is 11.4 Å². The molecule has 3 aromatic rings. The lowest BCUT2D eigenvalue weighted by Gasteiger charge is -2.24. The molecule has 0 saturated carbocycles. The van der Waals surface area contributed by atoms with Crippen LogP contribution in [0, 0.1) is 6.92 Å². The first-order chi connectivity index (χ1) is 12.5. The molecule has 0 aliphatic rings. The maximum Gasteiger partial charge on any atom is 0.270 e. The Morgan fingerprint density at radius 2 is 2.08 bits per heavy atom. The van der Waals surface area contributed by atoms with Gasteiger partial charge in [-0.25, -0.2) is 4.98 Å². The van der Waals surface area contributed by atoms with Crippen LogP contribution >= 0.6 is 11.3 Å². The van der Waals surface area contributed by atoms with Crippen LogP contribution in [0.4, 0.5) is 0 Å². The number of benzene rings is 1. The predicted molar refractivity (Wildman–Crippen MR) is 105 cm³/mol. The summed E-state index contributed by atoms with van der Waals surface area (Å²) >= 11 is 1.60. The Kier molecular flexibility index (Phi) is 5.42. The van der Waals surface area contributed by atoms with Crippen LogP contribution in [0.1, 0.15) is 28.0 Å². The lowest BCUT2D eigenvalue weighted by atomic mass is 10.1. The fourth-order valence-corrected chi connectivity index (χ4v) is 3.41. The summed E-state index contributed by atoms with van der Waals surface area (Å²) in [4.78, 5) is 22.1. The minimum Gasteiger partial charge on any atom is -0.497 e. The summed E-state index contributed by atoms with van der Waals surface area (Å²) in [6, 6.07) is 9.89. The number of carbonyl (C=O) groups excluding carboxylic acids is 1. The van der Waals surface area contributed by atoms with Crippen LogP contribution in [-0.4, -0.2) is 41.0 Å². The van der Waals surface area contributed by atoms with Gasteiger partial charge >= 0.3 is 0 Å². The molecule has 26 heavy (non-hydrogen) atoms. The SMILES string of the molecule is COc1ccc(C[C@@H](C)N(C)C(=O)c2cc(-c3csc(C)n3)c[nH]2)cc1. The van der Waals surface area contributed by atoms with Crippen molar-refractivity contribution in [2.75, 3.05) is 14.2 Å². The molecule has 0 bridgehead atoms. The van der Waals surface area contributed by atoms with E-state index >= 15 is 0 Å². The van der Waals surface area contributed by atoms with Gasteiger partial charge in [0.05, 0.1) is 17.8 Å². The number of ether oxygens (including phenoxy) is 1.